The molecule has 0 radical (unpaired) electrons. The van der Waals surface area contributed by atoms with E-state index in [1.807, 2.05) is 0 Å². The van der Waals surface area contributed by atoms with E-state index in [1.165, 1.54) is 14.8 Å². The molecule has 0 atom stereocenters. The Morgan fingerprint density at radius 3 is 1.62 bits per heavy atom. The molecule has 0 aromatic heterocycles. The molecule has 2 aromatic carbocycles. The first-order chi connectivity index (χ1) is 7.92. The van der Waals surface area contributed by atoms with E-state index >= 15 is 0 Å². The van der Waals surface area contributed by atoms with Crippen molar-refractivity contribution in [1.82, 2.24) is 0 Å². The minimum absolute atomic E-state index is 0.120. The molecule has 16 heavy (non-hydrogen) atoms. The molecule has 0 amide bonds. The molecule has 0 spiro atoms. The van der Waals surface area contributed by atoms with E-state index < -0.39 is 0 Å². The molecule has 0 fully saturated rings. The van der Waals surface area contributed by atoms with Gasteiger partial charge in [0, 0.05) is 0 Å². The first-order valence-electron chi connectivity index (χ1n) is 5.03. The van der Waals surface area contributed by atoms with Crippen molar-refractivity contribution in [2.24, 2.45) is 0 Å². The number of hydrogen-bond donors (Lipinski definition) is 0. The Hall–Kier alpha value is -0.0910. The number of hydrogen-bond acceptors (Lipinski definition) is 0. The summed E-state index contributed by atoms with van der Waals surface area (Å²) >= 11 is 3.81. The van der Waals surface area contributed by atoms with E-state index in [1.54, 1.807) is 0 Å². The van der Waals surface area contributed by atoms with Gasteiger partial charge in [0.05, 0.1) is 0 Å². The summed E-state index contributed by atoms with van der Waals surface area (Å²) in [5.41, 5.74) is 0. The Balaban J connectivity index is 2.31. The van der Waals surface area contributed by atoms with Crippen molar-refractivity contribution in [2.75, 3.05) is 0 Å². The third-order valence-corrected chi connectivity index (χ3v) is 12.5. The van der Waals surface area contributed by atoms with Crippen LogP contribution in [-0.4, -0.2) is 30.5 Å². The molecule has 0 aliphatic rings. The monoisotopic (exact) mass is 359 g/mol. The summed E-state index contributed by atoms with van der Waals surface area (Å²) in [6.07, 6.45) is 0. The van der Waals surface area contributed by atoms with Gasteiger partial charge in [-0.25, -0.2) is 0 Å². The van der Waals surface area contributed by atoms with Crippen LogP contribution < -0.4 is 10.6 Å². The fraction of sp³-hybridized carbons (Fsp3) is 0.0769. The minimum atomic E-state index is -0.120. The van der Waals surface area contributed by atoms with E-state index in [2.05, 4.69) is 76.7 Å². The predicted octanol–water partition coefficient (Wildman–Crippen LogP) is 2.28. The topological polar surface area (TPSA) is 0 Å². The average Bonchev–Trinajstić information content (AvgIpc) is 2.38. The molecule has 0 saturated heterocycles. The van der Waals surface area contributed by atoms with Crippen molar-refractivity contribution in [2.45, 2.75) is 4.22 Å². The van der Waals surface area contributed by atoms with Crippen LogP contribution in [0.4, 0.5) is 0 Å². The second-order valence-corrected chi connectivity index (χ2v) is 12.1. The van der Waals surface area contributed by atoms with Crippen LogP contribution in [0.15, 0.2) is 60.7 Å². The summed E-state index contributed by atoms with van der Waals surface area (Å²) in [7, 11) is 0. The molecule has 0 heterocycles. The van der Waals surface area contributed by atoms with E-state index in [4.69, 9.17) is 0 Å². The van der Waals surface area contributed by atoms with Crippen LogP contribution in [0.5, 0.6) is 0 Å². The number of benzene rings is 2. The van der Waals surface area contributed by atoms with Gasteiger partial charge in [-0.2, -0.15) is 0 Å². The molecule has 0 bridgehead atoms. The summed E-state index contributed by atoms with van der Waals surface area (Å²) < 4.78 is 1.18. The second-order valence-electron chi connectivity index (χ2n) is 3.21. The molecule has 0 saturated carbocycles. The SMILES string of the molecule is [Se-]C[Se]P(c1ccccc1)c1ccccc1. The predicted molar refractivity (Wildman–Crippen MR) is 75.4 cm³/mol. The van der Waals surface area contributed by atoms with Crippen molar-refractivity contribution in [3.8, 4) is 0 Å². The summed E-state index contributed by atoms with van der Waals surface area (Å²) in [5.74, 6) is 0. The van der Waals surface area contributed by atoms with E-state index in [9.17, 15) is 0 Å². The first kappa shape index (κ1) is 12.4. The van der Waals surface area contributed by atoms with Gasteiger partial charge in [-0.05, 0) is 0 Å². The molecule has 0 aliphatic carbocycles. The third kappa shape index (κ3) is 3.20. The summed E-state index contributed by atoms with van der Waals surface area (Å²) in [5, 5.41) is 3.00. The van der Waals surface area contributed by atoms with Gasteiger partial charge in [0.2, 0.25) is 0 Å². The van der Waals surface area contributed by atoms with E-state index in [-0.39, 0.29) is 6.61 Å². The van der Waals surface area contributed by atoms with E-state index in [0.717, 1.165) is 0 Å². The van der Waals surface area contributed by atoms with Crippen LogP contribution in [0, 0.1) is 0 Å². The zero-order valence-electron chi connectivity index (χ0n) is 8.74. The van der Waals surface area contributed by atoms with E-state index in [0.29, 0.717) is 14.5 Å². The fourth-order valence-corrected chi connectivity index (χ4v) is 10.6. The summed E-state index contributed by atoms with van der Waals surface area (Å²) in [6, 6.07) is 21.8. The quantitative estimate of drug-likeness (QED) is 0.582. The van der Waals surface area contributed by atoms with Crippen LogP contribution >= 0.6 is 6.61 Å². The van der Waals surface area contributed by atoms with Gasteiger partial charge >= 0.3 is 113 Å². The molecule has 0 N–H and O–H groups in total. The molecular formula is C13H12PSe2-. The molecule has 82 valence electrons. The molecule has 0 unspecified atom stereocenters. The molecule has 3 heteroatoms. The van der Waals surface area contributed by atoms with Gasteiger partial charge in [-0.3, -0.25) is 0 Å². The van der Waals surface area contributed by atoms with Crippen molar-refractivity contribution in [3.05, 3.63) is 60.7 Å². The van der Waals surface area contributed by atoms with Crippen LogP contribution in [0.25, 0.3) is 0 Å². The zero-order valence-corrected chi connectivity index (χ0v) is 13.1. The zero-order chi connectivity index (χ0) is 11.2. The van der Waals surface area contributed by atoms with Crippen molar-refractivity contribution < 1.29 is 0 Å². The molecule has 2 rings (SSSR count). The van der Waals surface area contributed by atoms with Crippen LogP contribution in [-0.2, 0) is 0 Å². The average molecular weight is 357 g/mol. The maximum absolute atomic E-state index is 3.16. The van der Waals surface area contributed by atoms with Gasteiger partial charge in [0.15, 0.2) is 0 Å². The van der Waals surface area contributed by atoms with Gasteiger partial charge in [-0.15, -0.1) is 0 Å². The van der Waals surface area contributed by atoms with Gasteiger partial charge in [0.1, 0.15) is 0 Å². The third-order valence-electron chi connectivity index (χ3n) is 2.16. The maximum atomic E-state index is 3.16. The summed E-state index contributed by atoms with van der Waals surface area (Å²) in [4.78, 5) is 0. The second kappa shape index (κ2) is 6.60. The fourth-order valence-electron chi connectivity index (χ4n) is 1.48. The van der Waals surface area contributed by atoms with Crippen LogP contribution in [0.1, 0.15) is 0 Å². The molecule has 0 aliphatic heterocycles. The first-order valence-corrected chi connectivity index (χ1v) is 11.0. The Morgan fingerprint density at radius 1 is 0.812 bits per heavy atom. The van der Waals surface area contributed by atoms with Crippen LogP contribution in [0.2, 0.25) is 4.22 Å². The van der Waals surface area contributed by atoms with Gasteiger partial charge < -0.3 is 0 Å². The van der Waals surface area contributed by atoms with Crippen molar-refractivity contribution in [3.63, 3.8) is 0 Å². The van der Waals surface area contributed by atoms with Gasteiger partial charge in [0.25, 0.3) is 0 Å². The summed E-state index contributed by atoms with van der Waals surface area (Å²) in [6.45, 7) is -0.120. The Labute approximate surface area is 112 Å². The molecular weight excluding hydrogens is 345 g/mol. The Bertz CT molecular complexity index is 377. The normalized spacial score (nSPS) is 10.6. The Kier molecular flexibility index (Phi) is 5.10. The van der Waals surface area contributed by atoms with Crippen molar-refractivity contribution in [1.29, 1.82) is 0 Å². The molecule has 0 nitrogen and oxygen atoms in total. The van der Waals surface area contributed by atoms with Gasteiger partial charge in [-0.1, -0.05) is 0 Å². The van der Waals surface area contributed by atoms with Crippen molar-refractivity contribution >= 4 is 47.7 Å². The number of rotatable bonds is 4. The Morgan fingerprint density at radius 2 is 1.25 bits per heavy atom. The van der Waals surface area contributed by atoms with Crippen LogP contribution in [0.3, 0.4) is 0 Å². The standard InChI is InChI=1S/C13H13PSe2/c15-11-16-14(12-7-3-1-4-8-12)13-9-5-2-6-10-13/h1-10,15H,11H2/p-1. The molecule has 2 aromatic rings.